The van der Waals surface area contributed by atoms with E-state index in [0.29, 0.717) is 5.46 Å². The normalized spacial score (nSPS) is 15.6. The molecule has 1 N–H and O–H groups in total. The van der Waals surface area contributed by atoms with Crippen LogP contribution >= 0.6 is 11.6 Å². The second kappa shape index (κ2) is 5.75. The summed E-state index contributed by atoms with van der Waals surface area (Å²) in [5.74, 6) is -0.686. The lowest BCUT2D eigenvalue weighted by Crippen LogP contribution is -2.29. The van der Waals surface area contributed by atoms with Crippen LogP contribution in [-0.2, 0) is 16.7 Å². The summed E-state index contributed by atoms with van der Waals surface area (Å²) in [6.45, 7) is 3.76. The topological polar surface area (TPSA) is 46.5 Å². The number of Topliss-reactive ketones (excluding diaryl/α,β-unsaturated/α-hetero) is 1. The summed E-state index contributed by atoms with van der Waals surface area (Å²) in [5.41, 5.74) is 2.05. The maximum Gasteiger partial charge on any atom is 0.492 e. The van der Waals surface area contributed by atoms with Crippen molar-refractivity contribution in [2.45, 2.75) is 25.9 Å². The lowest BCUT2D eigenvalue weighted by Gasteiger charge is -2.19. The van der Waals surface area contributed by atoms with Gasteiger partial charge in [0.25, 0.3) is 0 Å². The van der Waals surface area contributed by atoms with Gasteiger partial charge in [0, 0.05) is 12.0 Å². The number of benzene rings is 2. The Morgan fingerprint density at radius 1 is 1.30 bits per heavy atom. The standard InChI is InChI=1S/C17H15BClFO3/c1-17(2)13-6-3-10(7-14(13)18(22)23-17)8-16(21)12-5-4-11(20)9-15(12)19/h3-7,9,22H,8H2,1-2H3. The molecule has 0 unspecified atom stereocenters. The van der Waals surface area contributed by atoms with Gasteiger partial charge >= 0.3 is 7.12 Å². The second-order valence-electron chi connectivity index (χ2n) is 6.13. The summed E-state index contributed by atoms with van der Waals surface area (Å²) < 4.78 is 18.6. The maximum absolute atomic E-state index is 13.1. The fourth-order valence-electron chi connectivity index (χ4n) is 2.88. The Balaban J connectivity index is 1.87. The third-order valence-electron chi connectivity index (χ3n) is 4.03. The van der Waals surface area contributed by atoms with E-state index in [1.807, 2.05) is 26.0 Å². The largest absolute Gasteiger partial charge is 0.492 e. The minimum Gasteiger partial charge on any atom is -0.423 e. The first kappa shape index (κ1) is 16.2. The smallest absolute Gasteiger partial charge is 0.423 e. The van der Waals surface area contributed by atoms with Crippen LogP contribution in [0, 0.1) is 5.82 Å². The molecule has 0 aromatic heterocycles. The van der Waals surface area contributed by atoms with Crippen LogP contribution in [0.2, 0.25) is 5.02 Å². The Morgan fingerprint density at radius 2 is 2.04 bits per heavy atom. The predicted molar refractivity (Wildman–Crippen MR) is 87.6 cm³/mol. The number of hydrogen-bond acceptors (Lipinski definition) is 3. The minimum absolute atomic E-state index is 0.0978. The highest BCUT2D eigenvalue weighted by Gasteiger charge is 2.40. The summed E-state index contributed by atoms with van der Waals surface area (Å²) in [5, 5.41) is 10.1. The number of carbonyl (C=O) groups excluding carboxylic acids is 1. The number of rotatable bonds is 3. The first-order chi connectivity index (χ1) is 10.8. The quantitative estimate of drug-likeness (QED) is 0.694. The first-order valence-electron chi connectivity index (χ1n) is 7.25. The van der Waals surface area contributed by atoms with Crippen molar-refractivity contribution < 1.29 is 18.9 Å². The highest BCUT2D eigenvalue weighted by atomic mass is 35.5. The molecule has 0 aliphatic carbocycles. The van der Waals surface area contributed by atoms with E-state index in [-0.39, 0.29) is 22.8 Å². The Labute approximate surface area is 139 Å². The van der Waals surface area contributed by atoms with E-state index in [1.54, 1.807) is 6.07 Å². The highest BCUT2D eigenvalue weighted by molar-refractivity contribution is 6.62. The van der Waals surface area contributed by atoms with Crippen molar-refractivity contribution in [2.75, 3.05) is 0 Å². The summed E-state index contributed by atoms with van der Waals surface area (Å²) in [7, 11) is -0.996. The van der Waals surface area contributed by atoms with Gasteiger partial charge in [0.15, 0.2) is 5.78 Å². The van der Waals surface area contributed by atoms with E-state index in [1.165, 1.54) is 12.1 Å². The van der Waals surface area contributed by atoms with Crippen LogP contribution in [-0.4, -0.2) is 17.9 Å². The number of ketones is 1. The highest BCUT2D eigenvalue weighted by Crippen LogP contribution is 2.30. The zero-order valence-electron chi connectivity index (χ0n) is 12.8. The minimum atomic E-state index is -0.996. The summed E-state index contributed by atoms with van der Waals surface area (Å²) >= 11 is 5.92. The summed E-state index contributed by atoms with van der Waals surface area (Å²) in [4.78, 5) is 12.4. The van der Waals surface area contributed by atoms with Crippen LogP contribution < -0.4 is 5.46 Å². The fraction of sp³-hybridized carbons (Fsp3) is 0.235. The van der Waals surface area contributed by atoms with E-state index in [9.17, 15) is 14.2 Å². The maximum atomic E-state index is 13.1. The molecule has 0 atom stereocenters. The van der Waals surface area contributed by atoms with Crippen LogP contribution in [0.4, 0.5) is 4.39 Å². The predicted octanol–water partition coefficient (Wildman–Crippen LogP) is 2.86. The van der Waals surface area contributed by atoms with Gasteiger partial charge in [-0.3, -0.25) is 4.79 Å². The molecular weight excluding hydrogens is 317 g/mol. The van der Waals surface area contributed by atoms with E-state index in [2.05, 4.69) is 0 Å². The van der Waals surface area contributed by atoms with Gasteiger partial charge in [-0.1, -0.05) is 29.8 Å². The number of fused-ring (bicyclic) bond motifs is 1. The van der Waals surface area contributed by atoms with Crippen molar-refractivity contribution in [3.05, 3.63) is 63.9 Å². The average molecular weight is 333 g/mol. The van der Waals surface area contributed by atoms with Crippen LogP contribution in [0.25, 0.3) is 0 Å². The van der Waals surface area contributed by atoms with Gasteiger partial charge in [-0.15, -0.1) is 0 Å². The number of carbonyl (C=O) groups is 1. The molecule has 0 saturated carbocycles. The van der Waals surface area contributed by atoms with E-state index >= 15 is 0 Å². The molecule has 0 bridgehead atoms. The molecule has 1 aliphatic rings. The fourth-order valence-corrected chi connectivity index (χ4v) is 3.15. The molecule has 3 rings (SSSR count). The molecule has 0 spiro atoms. The molecule has 23 heavy (non-hydrogen) atoms. The molecular formula is C17H15BClFO3. The Hall–Kier alpha value is -1.69. The summed E-state index contributed by atoms with van der Waals surface area (Å²) in [6, 6.07) is 9.18. The van der Waals surface area contributed by atoms with Crippen molar-refractivity contribution in [3.8, 4) is 0 Å². The van der Waals surface area contributed by atoms with Crippen LogP contribution in [0.15, 0.2) is 36.4 Å². The molecule has 2 aromatic rings. The van der Waals surface area contributed by atoms with Crippen LogP contribution in [0.1, 0.15) is 35.3 Å². The van der Waals surface area contributed by atoms with Crippen LogP contribution in [0.5, 0.6) is 0 Å². The van der Waals surface area contributed by atoms with Gasteiger partial charge < -0.3 is 9.68 Å². The molecule has 0 saturated heterocycles. The van der Waals surface area contributed by atoms with E-state index < -0.39 is 18.5 Å². The summed E-state index contributed by atoms with van der Waals surface area (Å²) in [6.07, 6.45) is 0.117. The van der Waals surface area contributed by atoms with Gasteiger partial charge in [0.1, 0.15) is 5.82 Å². The number of hydrogen-bond donors (Lipinski definition) is 1. The van der Waals surface area contributed by atoms with Crippen LogP contribution in [0.3, 0.4) is 0 Å². The Kier molecular flexibility index (Phi) is 4.04. The van der Waals surface area contributed by atoms with Gasteiger partial charge in [0.2, 0.25) is 0 Å². The van der Waals surface area contributed by atoms with Gasteiger partial charge in [-0.05, 0) is 48.6 Å². The van der Waals surface area contributed by atoms with Crippen molar-refractivity contribution in [3.63, 3.8) is 0 Å². The van der Waals surface area contributed by atoms with E-state index in [0.717, 1.165) is 17.2 Å². The molecule has 0 amide bonds. The molecule has 6 heteroatoms. The van der Waals surface area contributed by atoms with Crippen molar-refractivity contribution in [1.82, 2.24) is 0 Å². The second-order valence-corrected chi connectivity index (χ2v) is 6.53. The van der Waals surface area contributed by atoms with E-state index in [4.69, 9.17) is 16.3 Å². The zero-order chi connectivity index (χ0) is 16.8. The third kappa shape index (κ3) is 3.04. The van der Waals surface area contributed by atoms with Gasteiger partial charge in [0.05, 0.1) is 10.6 Å². The number of halogens is 2. The molecule has 1 heterocycles. The van der Waals surface area contributed by atoms with Crippen molar-refractivity contribution in [1.29, 1.82) is 0 Å². The Morgan fingerprint density at radius 3 is 2.74 bits per heavy atom. The first-order valence-corrected chi connectivity index (χ1v) is 7.63. The van der Waals surface area contributed by atoms with Gasteiger partial charge in [-0.25, -0.2) is 4.39 Å². The molecule has 2 aromatic carbocycles. The molecule has 118 valence electrons. The lowest BCUT2D eigenvalue weighted by molar-refractivity contribution is 0.0991. The monoisotopic (exact) mass is 332 g/mol. The average Bonchev–Trinajstić information content (AvgIpc) is 2.68. The molecule has 0 radical (unpaired) electrons. The van der Waals surface area contributed by atoms with Gasteiger partial charge in [-0.2, -0.15) is 0 Å². The SMILES string of the molecule is CC1(C)OB(O)c2cc(CC(=O)c3ccc(F)cc3Cl)ccc21. The zero-order valence-corrected chi connectivity index (χ0v) is 13.5. The molecule has 0 fully saturated rings. The lowest BCUT2D eigenvalue weighted by atomic mass is 9.77. The Bertz CT molecular complexity index is 791. The van der Waals surface area contributed by atoms with Crippen molar-refractivity contribution in [2.24, 2.45) is 0 Å². The van der Waals surface area contributed by atoms with Crippen molar-refractivity contribution >= 4 is 30.0 Å². The molecule has 3 nitrogen and oxygen atoms in total. The molecule has 1 aliphatic heterocycles. The third-order valence-corrected chi connectivity index (χ3v) is 4.35.